The number of ether oxygens (including phenoxy) is 1. The van der Waals surface area contributed by atoms with Gasteiger partial charge >= 0.3 is 6.09 Å². The van der Waals surface area contributed by atoms with Crippen molar-refractivity contribution in [3.05, 3.63) is 71.6 Å². The maximum atomic E-state index is 11.5. The molecule has 0 aliphatic carbocycles. The van der Waals surface area contributed by atoms with Crippen LogP contribution in [0.4, 0.5) is 4.79 Å². The monoisotopic (exact) mass is 282 g/mol. The predicted molar refractivity (Wildman–Crippen MR) is 82.6 cm³/mol. The molecule has 0 unspecified atom stereocenters. The third-order valence-electron chi connectivity index (χ3n) is 2.92. The van der Waals surface area contributed by atoms with Crippen molar-refractivity contribution in [2.24, 2.45) is 0 Å². The minimum atomic E-state index is -0.425. The first-order valence-electron chi connectivity index (χ1n) is 6.78. The number of aromatic nitrogens is 1. The fourth-order valence-electron chi connectivity index (χ4n) is 1.78. The molecule has 0 radical (unpaired) electrons. The fourth-order valence-corrected chi connectivity index (χ4v) is 1.78. The first-order chi connectivity index (χ1) is 10.3. The van der Waals surface area contributed by atoms with Gasteiger partial charge in [-0.2, -0.15) is 0 Å². The Morgan fingerprint density at radius 3 is 2.81 bits per heavy atom. The molecule has 4 heteroatoms. The van der Waals surface area contributed by atoms with Crippen LogP contribution in [0.5, 0.6) is 0 Å². The Balaban J connectivity index is 1.71. The second-order valence-electron chi connectivity index (χ2n) is 4.52. The Morgan fingerprint density at radius 2 is 2.05 bits per heavy atom. The van der Waals surface area contributed by atoms with Gasteiger partial charge in [-0.05, 0) is 24.1 Å². The average Bonchev–Trinajstić information content (AvgIpc) is 2.52. The number of rotatable bonds is 5. The van der Waals surface area contributed by atoms with Crippen LogP contribution in [0.15, 0.2) is 54.7 Å². The van der Waals surface area contributed by atoms with Gasteiger partial charge in [-0.15, -0.1) is 0 Å². The zero-order valence-corrected chi connectivity index (χ0v) is 12.0. The van der Waals surface area contributed by atoms with Crippen LogP contribution in [-0.4, -0.2) is 17.6 Å². The third-order valence-corrected chi connectivity index (χ3v) is 2.92. The lowest BCUT2D eigenvalue weighted by Gasteiger charge is -2.05. The standard InChI is InChI=1S/C17H18N2O2/c1-14-16(9-5-11-18-14)10-6-12-19-17(20)21-13-15-7-3-2-4-8-15/h2-11H,12-13H2,1H3,(H,19,20). The summed E-state index contributed by atoms with van der Waals surface area (Å²) < 4.78 is 5.11. The second-order valence-corrected chi connectivity index (χ2v) is 4.52. The van der Waals surface area contributed by atoms with E-state index in [0.717, 1.165) is 16.8 Å². The minimum absolute atomic E-state index is 0.276. The van der Waals surface area contributed by atoms with E-state index < -0.39 is 6.09 Å². The van der Waals surface area contributed by atoms with E-state index in [1.807, 2.05) is 61.5 Å². The van der Waals surface area contributed by atoms with Crippen LogP contribution in [0.1, 0.15) is 16.8 Å². The molecule has 0 aliphatic rings. The number of carbonyl (C=O) groups is 1. The second kappa shape index (κ2) is 7.85. The van der Waals surface area contributed by atoms with E-state index in [1.54, 1.807) is 6.20 Å². The highest BCUT2D eigenvalue weighted by Gasteiger charge is 2.00. The molecule has 2 aromatic rings. The first kappa shape index (κ1) is 14.8. The van der Waals surface area contributed by atoms with Crippen LogP contribution >= 0.6 is 0 Å². The zero-order valence-electron chi connectivity index (χ0n) is 12.0. The molecule has 0 bridgehead atoms. The summed E-state index contributed by atoms with van der Waals surface area (Å²) in [5.74, 6) is 0. The Hall–Kier alpha value is -2.62. The van der Waals surface area contributed by atoms with Crippen molar-refractivity contribution >= 4 is 12.2 Å². The van der Waals surface area contributed by atoms with Crippen LogP contribution < -0.4 is 5.32 Å². The summed E-state index contributed by atoms with van der Waals surface area (Å²) in [6.07, 6.45) is 5.13. The lowest BCUT2D eigenvalue weighted by atomic mass is 10.2. The van der Waals surface area contributed by atoms with Crippen molar-refractivity contribution < 1.29 is 9.53 Å². The van der Waals surface area contributed by atoms with Gasteiger partial charge in [0.2, 0.25) is 0 Å². The molecule has 108 valence electrons. The lowest BCUT2D eigenvalue weighted by Crippen LogP contribution is -2.24. The summed E-state index contributed by atoms with van der Waals surface area (Å²) in [6, 6.07) is 13.4. The molecule has 4 nitrogen and oxygen atoms in total. The van der Waals surface area contributed by atoms with Crippen LogP contribution in [0.25, 0.3) is 6.08 Å². The molecule has 21 heavy (non-hydrogen) atoms. The van der Waals surface area contributed by atoms with E-state index in [9.17, 15) is 4.79 Å². The van der Waals surface area contributed by atoms with Gasteiger partial charge in [-0.3, -0.25) is 4.98 Å². The number of nitrogens with one attached hydrogen (secondary N) is 1. The van der Waals surface area contributed by atoms with Crippen molar-refractivity contribution in [2.75, 3.05) is 6.54 Å². The number of carbonyl (C=O) groups excluding carboxylic acids is 1. The molecule has 2 rings (SSSR count). The van der Waals surface area contributed by atoms with Crippen molar-refractivity contribution in [3.8, 4) is 0 Å². The highest BCUT2D eigenvalue weighted by Crippen LogP contribution is 2.05. The molecular weight excluding hydrogens is 264 g/mol. The normalized spacial score (nSPS) is 10.5. The number of benzene rings is 1. The summed E-state index contributed by atoms with van der Waals surface area (Å²) >= 11 is 0. The summed E-state index contributed by atoms with van der Waals surface area (Å²) in [5, 5.41) is 2.67. The molecule has 0 saturated carbocycles. The Bertz CT molecular complexity index is 609. The molecule has 1 N–H and O–H groups in total. The predicted octanol–water partition coefficient (Wildman–Crippen LogP) is 3.33. The Morgan fingerprint density at radius 1 is 1.24 bits per heavy atom. The molecule has 1 aromatic heterocycles. The molecule has 0 spiro atoms. The van der Waals surface area contributed by atoms with Crippen molar-refractivity contribution in [1.29, 1.82) is 0 Å². The van der Waals surface area contributed by atoms with E-state index in [1.165, 1.54) is 0 Å². The molecule has 1 amide bonds. The number of pyridine rings is 1. The maximum Gasteiger partial charge on any atom is 0.407 e. The maximum absolute atomic E-state index is 11.5. The quantitative estimate of drug-likeness (QED) is 0.915. The molecular formula is C17H18N2O2. The average molecular weight is 282 g/mol. The summed E-state index contributed by atoms with van der Waals surface area (Å²) in [5.41, 5.74) is 2.96. The van der Waals surface area contributed by atoms with Crippen molar-refractivity contribution in [3.63, 3.8) is 0 Å². The molecule has 0 fully saturated rings. The molecule has 0 atom stereocenters. The van der Waals surface area contributed by atoms with Gasteiger partial charge < -0.3 is 10.1 Å². The number of amides is 1. The Labute approximate surface area is 124 Å². The van der Waals surface area contributed by atoms with E-state index in [2.05, 4.69) is 10.3 Å². The fraction of sp³-hybridized carbons (Fsp3) is 0.176. The van der Waals surface area contributed by atoms with Gasteiger partial charge in [0.1, 0.15) is 6.61 Å². The van der Waals surface area contributed by atoms with Crippen LogP contribution in [-0.2, 0) is 11.3 Å². The zero-order chi connectivity index (χ0) is 14.9. The van der Waals surface area contributed by atoms with E-state index in [4.69, 9.17) is 4.74 Å². The summed E-state index contributed by atoms with van der Waals surface area (Å²) in [6.45, 7) is 2.64. The van der Waals surface area contributed by atoms with Gasteiger partial charge in [0, 0.05) is 18.4 Å². The van der Waals surface area contributed by atoms with Crippen LogP contribution in [0, 0.1) is 6.92 Å². The van der Waals surface area contributed by atoms with Crippen molar-refractivity contribution in [1.82, 2.24) is 10.3 Å². The minimum Gasteiger partial charge on any atom is -0.445 e. The van der Waals surface area contributed by atoms with Gasteiger partial charge in [-0.1, -0.05) is 48.6 Å². The molecule has 1 aromatic carbocycles. The van der Waals surface area contributed by atoms with Crippen LogP contribution in [0.3, 0.4) is 0 Å². The highest BCUT2D eigenvalue weighted by molar-refractivity contribution is 5.67. The highest BCUT2D eigenvalue weighted by atomic mass is 16.5. The smallest absolute Gasteiger partial charge is 0.407 e. The SMILES string of the molecule is Cc1ncccc1C=CCNC(=O)OCc1ccccc1. The van der Waals surface area contributed by atoms with Gasteiger partial charge in [0.15, 0.2) is 0 Å². The lowest BCUT2D eigenvalue weighted by molar-refractivity contribution is 0.141. The third kappa shape index (κ3) is 5.10. The van der Waals surface area contributed by atoms with Crippen LogP contribution in [0.2, 0.25) is 0 Å². The Kier molecular flexibility index (Phi) is 5.52. The van der Waals surface area contributed by atoms with E-state index in [0.29, 0.717) is 6.54 Å². The van der Waals surface area contributed by atoms with E-state index >= 15 is 0 Å². The molecule has 1 heterocycles. The number of hydrogen-bond acceptors (Lipinski definition) is 3. The topological polar surface area (TPSA) is 51.2 Å². The number of aryl methyl sites for hydroxylation is 1. The van der Waals surface area contributed by atoms with Gasteiger partial charge in [0.05, 0.1) is 0 Å². The van der Waals surface area contributed by atoms with Crippen molar-refractivity contribution in [2.45, 2.75) is 13.5 Å². The van der Waals surface area contributed by atoms with Gasteiger partial charge in [0.25, 0.3) is 0 Å². The van der Waals surface area contributed by atoms with Gasteiger partial charge in [-0.25, -0.2) is 4.79 Å². The molecule has 0 saturated heterocycles. The molecule has 0 aliphatic heterocycles. The largest absolute Gasteiger partial charge is 0.445 e. The summed E-state index contributed by atoms with van der Waals surface area (Å²) in [4.78, 5) is 15.7. The number of hydrogen-bond donors (Lipinski definition) is 1. The summed E-state index contributed by atoms with van der Waals surface area (Å²) in [7, 11) is 0. The first-order valence-corrected chi connectivity index (χ1v) is 6.78. The number of alkyl carbamates (subject to hydrolysis) is 1. The van der Waals surface area contributed by atoms with E-state index in [-0.39, 0.29) is 6.61 Å². The number of nitrogens with zero attached hydrogens (tertiary/aromatic N) is 1.